The van der Waals surface area contributed by atoms with Gasteiger partial charge in [-0.05, 0) is 26.0 Å². The van der Waals surface area contributed by atoms with E-state index in [0.29, 0.717) is 19.6 Å². The molecule has 3 heterocycles. The smallest absolute Gasteiger partial charge is 0.317 e. The normalized spacial score (nSPS) is 14.5. The number of aryl methyl sites for hydroxylation is 1. The van der Waals surface area contributed by atoms with Gasteiger partial charge in [-0.1, -0.05) is 12.1 Å². The Kier molecular flexibility index (Phi) is 5.02. The van der Waals surface area contributed by atoms with Crippen LogP contribution >= 0.6 is 0 Å². The van der Waals surface area contributed by atoms with Crippen LogP contribution in [-0.2, 0) is 0 Å². The van der Waals surface area contributed by atoms with Crippen LogP contribution in [0.4, 0.5) is 10.5 Å². The monoisotopic (exact) mass is 340 g/mol. The van der Waals surface area contributed by atoms with Crippen molar-refractivity contribution >= 4 is 11.7 Å². The molecular formula is C18H24N6O. The number of nitrogens with one attached hydrogen (secondary N) is 1. The molecule has 1 N–H and O–H groups in total. The maximum absolute atomic E-state index is 12.0. The SMILES string of the molecule is C=CCNC(=O)N1CCN(c2c(C)nn(-c3ccccn3)c2C)CC1. The molecule has 1 fully saturated rings. The van der Waals surface area contributed by atoms with Crippen LogP contribution in [0.5, 0.6) is 0 Å². The maximum atomic E-state index is 12.0. The first-order chi connectivity index (χ1) is 12.1. The fraction of sp³-hybridized carbons (Fsp3) is 0.389. The van der Waals surface area contributed by atoms with Gasteiger partial charge in [0.25, 0.3) is 0 Å². The molecule has 0 atom stereocenters. The Morgan fingerprint density at radius 1 is 1.28 bits per heavy atom. The van der Waals surface area contributed by atoms with E-state index < -0.39 is 0 Å². The van der Waals surface area contributed by atoms with Gasteiger partial charge in [0.05, 0.1) is 17.1 Å². The number of hydrogen-bond donors (Lipinski definition) is 1. The summed E-state index contributed by atoms with van der Waals surface area (Å²) in [5.74, 6) is 0.816. The lowest BCUT2D eigenvalue weighted by molar-refractivity contribution is 0.195. The lowest BCUT2D eigenvalue weighted by Crippen LogP contribution is -2.52. The van der Waals surface area contributed by atoms with Gasteiger partial charge in [-0.3, -0.25) is 0 Å². The average molecular weight is 340 g/mol. The van der Waals surface area contributed by atoms with E-state index in [1.54, 1.807) is 12.3 Å². The molecule has 25 heavy (non-hydrogen) atoms. The number of urea groups is 1. The van der Waals surface area contributed by atoms with E-state index >= 15 is 0 Å². The van der Waals surface area contributed by atoms with Crippen molar-refractivity contribution in [3.63, 3.8) is 0 Å². The number of pyridine rings is 1. The summed E-state index contributed by atoms with van der Waals surface area (Å²) in [4.78, 5) is 20.6. The highest BCUT2D eigenvalue weighted by Crippen LogP contribution is 2.27. The molecule has 0 spiro atoms. The lowest BCUT2D eigenvalue weighted by Gasteiger charge is -2.36. The molecule has 0 unspecified atom stereocenters. The van der Waals surface area contributed by atoms with E-state index in [-0.39, 0.29) is 6.03 Å². The minimum atomic E-state index is -0.0304. The molecule has 1 saturated heterocycles. The molecule has 0 radical (unpaired) electrons. The fourth-order valence-corrected chi connectivity index (χ4v) is 3.20. The molecule has 0 bridgehead atoms. The molecule has 2 aromatic rings. The van der Waals surface area contributed by atoms with Crippen LogP contribution in [0, 0.1) is 13.8 Å². The van der Waals surface area contributed by atoms with E-state index in [0.717, 1.165) is 36.0 Å². The molecule has 7 nitrogen and oxygen atoms in total. The first kappa shape index (κ1) is 17.0. The second-order valence-corrected chi connectivity index (χ2v) is 6.07. The van der Waals surface area contributed by atoms with Gasteiger partial charge in [-0.25, -0.2) is 14.5 Å². The number of amides is 2. The summed E-state index contributed by atoms with van der Waals surface area (Å²) in [7, 11) is 0. The van der Waals surface area contributed by atoms with Gasteiger partial charge in [0.15, 0.2) is 5.82 Å². The zero-order valence-corrected chi connectivity index (χ0v) is 14.8. The number of carbonyl (C=O) groups excluding carboxylic acids is 1. The Morgan fingerprint density at radius 3 is 2.68 bits per heavy atom. The topological polar surface area (TPSA) is 66.3 Å². The number of carbonyl (C=O) groups is 1. The highest BCUT2D eigenvalue weighted by molar-refractivity contribution is 5.74. The van der Waals surface area contributed by atoms with E-state index in [9.17, 15) is 4.79 Å². The summed E-state index contributed by atoms with van der Waals surface area (Å²) >= 11 is 0. The van der Waals surface area contributed by atoms with E-state index in [1.807, 2.05) is 34.7 Å². The van der Waals surface area contributed by atoms with E-state index in [1.165, 1.54) is 0 Å². The van der Waals surface area contributed by atoms with Gasteiger partial charge in [-0.15, -0.1) is 6.58 Å². The van der Waals surface area contributed by atoms with Crippen molar-refractivity contribution in [3.05, 3.63) is 48.4 Å². The summed E-state index contributed by atoms with van der Waals surface area (Å²) in [6, 6.07) is 5.77. The van der Waals surface area contributed by atoms with Crippen LogP contribution in [-0.4, -0.2) is 58.4 Å². The van der Waals surface area contributed by atoms with Crippen LogP contribution in [0.1, 0.15) is 11.4 Å². The van der Waals surface area contributed by atoms with Crippen molar-refractivity contribution in [2.24, 2.45) is 0 Å². The molecule has 7 heteroatoms. The van der Waals surface area contributed by atoms with Gasteiger partial charge in [0.2, 0.25) is 0 Å². The molecule has 2 aromatic heterocycles. The summed E-state index contributed by atoms with van der Waals surface area (Å²) < 4.78 is 1.88. The number of aromatic nitrogens is 3. The van der Waals surface area contributed by atoms with Crippen molar-refractivity contribution in [2.75, 3.05) is 37.6 Å². The van der Waals surface area contributed by atoms with Crippen molar-refractivity contribution in [2.45, 2.75) is 13.8 Å². The molecule has 132 valence electrons. The Hall–Kier alpha value is -2.83. The van der Waals surface area contributed by atoms with Crippen LogP contribution < -0.4 is 10.2 Å². The standard InChI is InChI=1S/C18H24N6O/c1-4-8-20-18(25)23-12-10-22(11-13-23)17-14(2)21-24(15(17)3)16-7-5-6-9-19-16/h4-7,9H,1,8,10-13H2,2-3H3,(H,20,25). The van der Waals surface area contributed by atoms with Crippen molar-refractivity contribution in [3.8, 4) is 5.82 Å². The van der Waals surface area contributed by atoms with Gasteiger partial charge in [0.1, 0.15) is 0 Å². The molecule has 3 rings (SSSR count). The minimum Gasteiger partial charge on any atom is -0.365 e. The number of nitrogens with zero attached hydrogens (tertiary/aromatic N) is 5. The summed E-state index contributed by atoms with van der Waals surface area (Å²) in [6.45, 7) is 11.2. The summed E-state index contributed by atoms with van der Waals surface area (Å²) in [6.07, 6.45) is 3.46. The number of hydrogen-bond acceptors (Lipinski definition) is 4. The third kappa shape index (κ3) is 3.50. The molecule has 2 amide bonds. The third-order valence-electron chi connectivity index (χ3n) is 4.40. The highest BCUT2D eigenvalue weighted by atomic mass is 16.2. The molecule has 0 aromatic carbocycles. The molecule has 0 saturated carbocycles. The largest absolute Gasteiger partial charge is 0.365 e. The average Bonchev–Trinajstić information content (AvgIpc) is 2.95. The Labute approximate surface area is 148 Å². The lowest BCUT2D eigenvalue weighted by atomic mass is 10.2. The maximum Gasteiger partial charge on any atom is 0.317 e. The molecule has 1 aliphatic heterocycles. The Balaban J connectivity index is 1.73. The van der Waals surface area contributed by atoms with Crippen LogP contribution in [0.15, 0.2) is 37.1 Å². The molecule has 1 aliphatic rings. The predicted octanol–water partition coefficient (Wildman–Crippen LogP) is 1.90. The number of piperazine rings is 1. The van der Waals surface area contributed by atoms with Crippen LogP contribution in [0.3, 0.4) is 0 Å². The first-order valence-corrected chi connectivity index (χ1v) is 8.48. The Morgan fingerprint density at radius 2 is 2.04 bits per heavy atom. The third-order valence-corrected chi connectivity index (χ3v) is 4.40. The van der Waals surface area contributed by atoms with Crippen LogP contribution in [0.25, 0.3) is 5.82 Å². The van der Waals surface area contributed by atoms with Crippen LogP contribution in [0.2, 0.25) is 0 Å². The highest BCUT2D eigenvalue weighted by Gasteiger charge is 2.25. The first-order valence-electron chi connectivity index (χ1n) is 8.48. The zero-order valence-electron chi connectivity index (χ0n) is 14.8. The predicted molar refractivity (Wildman–Crippen MR) is 98.2 cm³/mol. The summed E-state index contributed by atoms with van der Waals surface area (Å²) in [5, 5.41) is 7.49. The Bertz CT molecular complexity index is 746. The van der Waals surface area contributed by atoms with E-state index in [4.69, 9.17) is 0 Å². The second kappa shape index (κ2) is 7.38. The van der Waals surface area contributed by atoms with Crippen molar-refractivity contribution in [1.82, 2.24) is 25.0 Å². The summed E-state index contributed by atoms with van der Waals surface area (Å²) in [5.41, 5.74) is 3.19. The van der Waals surface area contributed by atoms with Gasteiger partial charge in [0, 0.05) is 38.9 Å². The van der Waals surface area contributed by atoms with E-state index in [2.05, 4.69) is 33.8 Å². The number of rotatable bonds is 4. The van der Waals surface area contributed by atoms with Crippen molar-refractivity contribution in [1.29, 1.82) is 0 Å². The minimum absolute atomic E-state index is 0.0304. The van der Waals surface area contributed by atoms with Gasteiger partial charge >= 0.3 is 6.03 Å². The molecule has 0 aliphatic carbocycles. The fourth-order valence-electron chi connectivity index (χ4n) is 3.20. The molecular weight excluding hydrogens is 316 g/mol. The van der Waals surface area contributed by atoms with Gasteiger partial charge in [-0.2, -0.15) is 5.10 Å². The number of anilines is 1. The van der Waals surface area contributed by atoms with Gasteiger partial charge < -0.3 is 15.1 Å². The second-order valence-electron chi connectivity index (χ2n) is 6.07. The zero-order chi connectivity index (χ0) is 17.8. The van der Waals surface area contributed by atoms with Crippen molar-refractivity contribution < 1.29 is 4.79 Å². The quantitative estimate of drug-likeness (QED) is 0.864.